The van der Waals surface area contributed by atoms with Crippen LogP contribution in [0.1, 0.15) is 59.7 Å². The van der Waals surface area contributed by atoms with Gasteiger partial charge in [0.1, 0.15) is 0 Å². The first kappa shape index (κ1) is 27.4. The van der Waals surface area contributed by atoms with E-state index in [0.717, 1.165) is 11.1 Å². The van der Waals surface area contributed by atoms with E-state index in [1.54, 1.807) is 0 Å². The fraction of sp³-hybridized carbons (Fsp3) is 0.179. The summed E-state index contributed by atoms with van der Waals surface area (Å²) >= 11 is 0. The third-order valence-corrected chi connectivity index (χ3v) is 8.86. The average molecular weight is 550 g/mol. The maximum absolute atomic E-state index is 13.3. The van der Waals surface area contributed by atoms with Gasteiger partial charge in [-0.2, -0.15) is 0 Å². The molecule has 0 aromatic heterocycles. The van der Waals surface area contributed by atoms with Crippen molar-refractivity contribution in [3.63, 3.8) is 0 Å². The third kappa shape index (κ3) is 3.73. The Hall–Kier alpha value is -4.76. The molecule has 1 aliphatic carbocycles. The fourth-order valence-corrected chi connectivity index (χ4v) is 7.08. The second-order valence-electron chi connectivity index (χ2n) is 12.3. The van der Waals surface area contributed by atoms with E-state index in [1.807, 2.05) is 13.0 Å². The smallest absolute Gasteiger partial charge is 0.266 e. The van der Waals surface area contributed by atoms with Gasteiger partial charge in [-0.25, -0.2) is 4.90 Å². The van der Waals surface area contributed by atoms with E-state index in [9.17, 15) is 9.59 Å². The van der Waals surface area contributed by atoms with E-state index in [-0.39, 0.29) is 28.4 Å². The quantitative estimate of drug-likeness (QED) is 0.206. The van der Waals surface area contributed by atoms with Crippen LogP contribution in [0.4, 0.5) is 5.69 Å². The maximum atomic E-state index is 13.3. The Kier molecular flexibility index (Phi) is 6.31. The Morgan fingerprint density at radius 2 is 1.14 bits per heavy atom. The molecule has 0 N–H and O–H groups in total. The van der Waals surface area contributed by atoms with Gasteiger partial charge in [-0.1, -0.05) is 125 Å². The highest BCUT2D eigenvalue weighted by Gasteiger charge is 2.46. The minimum absolute atomic E-state index is 0.0247. The number of imide groups is 1. The Morgan fingerprint density at radius 1 is 0.667 bits per heavy atom. The zero-order valence-electron chi connectivity index (χ0n) is 24.9. The predicted molar refractivity (Wildman–Crippen MR) is 172 cm³/mol. The van der Waals surface area contributed by atoms with Gasteiger partial charge >= 0.3 is 0 Å². The first-order chi connectivity index (χ1) is 20.0. The number of hydrogen-bond acceptors (Lipinski definition) is 2. The summed E-state index contributed by atoms with van der Waals surface area (Å²) in [4.78, 5) is 27.8. The molecule has 2 aliphatic rings. The van der Waals surface area contributed by atoms with Crippen LogP contribution in [-0.2, 0) is 20.4 Å². The van der Waals surface area contributed by atoms with Gasteiger partial charge in [0.15, 0.2) is 0 Å². The van der Waals surface area contributed by atoms with Crippen molar-refractivity contribution in [2.45, 2.75) is 45.4 Å². The molecular formula is C39H35NO2. The minimum Gasteiger partial charge on any atom is -0.268 e. The van der Waals surface area contributed by atoms with Gasteiger partial charge in [0, 0.05) is 0 Å². The Bertz CT molecular complexity index is 1790. The van der Waals surface area contributed by atoms with Crippen LogP contribution in [0.2, 0.25) is 0 Å². The van der Waals surface area contributed by atoms with Crippen LogP contribution in [0.15, 0.2) is 121 Å². The van der Waals surface area contributed by atoms with Crippen LogP contribution in [0.5, 0.6) is 0 Å². The minimum atomic E-state index is -0.576. The van der Waals surface area contributed by atoms with Gasteiger partial charge in [-0.15, -0.1) is 0 Å². The number of rotatable bonds is 5. The number of carbonyl (C=O) groups is 2. The van der Waals surface area contributed by atoms with Crippen molar-refractivity contribution in [1.29, 1.82) is 0 Å². The lowest BCUT2D eigenvalue weighted by atomic mass is 9.66. The molecule has 4 aromatic carbocycles. The van der Waals surface area contributed by atoms with E-state index in [1.165, 1.54) is 56.0 Å². The summed E-state index contributed by atoms with van der Waals surface area (Å²) in [5.74, 6) is -0.749. The van der Waals surface area contributed by atoms with Crippen molar-refractivity contribution >= 4 is 17.5 Å². The van der Waals surface area contributed by atoms with Crippen LogP contribution in [0.3, 0.4) is 0 Å². The van der Waals surface area contributed by atoms with Gasteiger partial charge in [0.05, 0.1) is 22.2 Å². The molecular weight excluding hydrogens is 514 g/mol. The summed E-state index contributed by atoms with van der Waals surface area (Å²) in [6.07, 6.45) is 2.87. The molecule has 0 radical (unpaired) electrons. The van der Waals surface area contributed by atoms with Crippen molar-refractivity contribution < 1.29 is 9.59 Å². The molecule has 208 valence electrons. The Labute approximate surface area is 248 Å². The van der Waals surface area contributed by atoms with Crippen LogP contribution in [-0.4, -0.2) is 11.8 Å². The summed E-state index contributed by atoms with van der Waals surface area (Å²) in [5.41, 5.74) is 11.1. The number of nitrogens with zero attached hydrogens (tertiary/aromatic N) is 1. The van der Waals surface area contributed by atoms with E-state index < -0.39 is 5.41 Å². The zero-order chi connectivity index (χ0) is 30.0. The topological polar surface area (TPSA) is 37.4 Å². The number of hydrogen-bond donors (Lipinski definition) is 0. The molecule has 3 nitrogen and oxygen atoms in total. The average Bonchev–Trinajstić information content (AvgIpc) is 3.40. The highest BCUT2D eigenvalue weighted by Crippen LogP contribution is 2.56. The summed E-state index contributed by atoms with van der Waals surface area (Å²) in [5, 5.41) is 0. The highest BCUT2D eigenvalue weighted by molar-refractivity contribution is 6.35. The van der Waals surface area contributed by atoms with Gasteiger partial charge in [-0.05, 0) is 75.4 Å². The van der Waals surface area contributed by atoms with Crippen molar-refractivity contribution in [2.75, 3.05) is 4.90 Å². The number of fused-ring (bicyclic) bond motifs is 3. The first-order valence-corrected chi connectivity index (χ1v) is 14.4. The van der Waals surface area contributed by atoms with Gasteiger partial charge in [0.25, 0.3) is 11.8 Å². The number of benzene rings is 4. The fourth-order valence-electron chi connectivity index (χ4n) is 7.08. The van der Waals surface area contributed by atoms with Gasteiger partial charge in [-0.3, -0.25) is 9.59 Å². The van der Waals surface area contributed by atoms with Crippen LogP contribution >= 0.6 is 0 Å². The van der Waals surface area contributed by atoms with E-state index >= 15 is 0 Å². The van der Waals surface area contributed by atoms with Crippen LogP contribution < -0.4 is 4.90 Å². The first-order valence-electron chi connectivity index (χ1n) is 14.4. The monoisotopic (exact) mass is 549 g/mol. The summed E-state index contributed by atoms with van der Waals surface area (Å²) < 4.78 is 0. The lowest BCUT2D eigenvalue weighted by Gasteiger charge is -2.35. The Balaban J connectivity index is 1.62. The van der Waals surface area contributed by atoms with Gasteiger partial charge < -0.3 is 0 Å². The molecule has 2 amide bonds. The van der Waals surface area contributed by atoms with E-state index in [4.69, 9.17) is 0 Å². The number of anilines is 1. The molecule has 42 heavy (non-hydrogen) atoms. The molecule has 0 atom stereocenters. The number of carbonyl (C=O) groups excluding carboxylic acids is 2. The lowest BCUT2D eigenvalue weighted by Crippen LogP contribution is -2.33. The summed E-state index contributed by atoms with van der Waals surface area (Å²) in [6.45, 7) is 18.4. The molecule has 0 fully saturated rings. The molecule has 1 heterocycles. The summed E-state index contributed by atoms with van der Waals surface area (Å²) in [7, 11) is 0. The van der Waals surface area contributed by atoms with Crippen molar-refractivity contribution in [2.24, 2.45) is 0 Å². The third-order valence-electron chi connectivity index (χ3n) is 8.86. The molecule has 6 rings (SSSR count). The standard InChI is InChI=1S/C39H35NO2/c1-8-28-29(9-2)37(42)40(36(28)41)35-21-19-27(23-25(35)4)39(26-18-20-32(24(3)22-26)38(5,6)7)33-16-12-10-14-30(33)31-15-11-13-17-34(31)39/h8-23H,1-2H2,3-7H3. The second kappa shape index (κ2) is 9.66. The SMILES string of the molecule is C=CC1=C(C=C)C(=O)N(c2ccc(C3(c4ccc(C(C)(C)C)c(C)c4)c4ccccc4-c4ccccc43)cc2C)C1=O. The van der Waals surface area contributed by atoms with E-state index in [0.29, 0.717) is 5.69 Å². The molecule has 3 heteroatoms. The second-order valence-corrected chi connectivity index (χ2v) is 12.3. The normalized spacial score (nSPS) is 15.6. The molecule has 0 saturated heterocycles. The van der Waals surface area contributed by atoms with Gasteiger partial charge in [0.2, 0.25) is 0 Å². The molecule has 0 saturated carbocycles. The molecule has 0 unspecified atom stereocenters. The molecule has 0 spiro atoms. The van der Waals surface area contributed by atoms with Crippen molar-refractivity contribution in [1.82, 2.24) is 0 Å². The van der Waals surface area contributed by atoms with Crippen LogP contribution in [0, 0.1) is 13.8 Å². The lowest BCUT2D eigenvalue weighted by molar-refractivity contribution is -0.120. The molecule has 0 bridgehead atoms. The largest absolute Gasteiger partial charge is 0.268 e. The van der Waals surface area contributed by atoms with Crippen molar-refractivity contribution in [3.8, 4) is 11.1 Å². The predicted octanol–water partition coefficient (Wildman–Crippen LogP) is 8.51. The van der Waals surface area contributed by atoms with Crippen molar-refractivity contribution in [3.05, 3.63) is 160 Å². The van der Waals surface area contributed by atoms with Crippen LogP contribution in [0.25, 0.3) is 11.1 Å². The molecule has 1 aliphatic heterocycles. The highest BCUT2D eigenvalue weighted by atomic mass is 16.2. The molecule has 4 aromatic rings. The maximum Gasteiger partial charge on any atom is 0.266 e. The Morgan fingerprint density at radius 3 is 1.60 bits per heavy atom. The van der Waals surface area contributed by atoms with E-state index in [2.05, 4.69) is 120 Å². The zero-order valence-corrected chi connectivity index (χ0v) is 24.9. The summed E-state index contributed by atoms with van der Waals surface area (Å²) in [6, 6.07) is 30.3. The number of aryl methyl sites for hydroxylation is 2. The number of amides is 2.